The highest BCUT2D eigenvalue weighted by atomic mass is 35.5. The zero-order chi connectivity index (χ0) is 19.3. The second-order valence-corrected chi connectivity index (χ2v) is 5.91. The van der Waals surface area contributed by atoms with E-state index in [9.17, 15) is 22.8 Å². The van der Waals surface area contributed by atoms with Gasteiger partial charge in [0.2, 0.25) is 5.91 Å². The molecule has 12 heteroatoms. The molecule has 1 amide bonds. The second kappa shape index (κ2) is 8.23. The van der Waals surface area contributed by atoms with Gasteiger partial charge in [-0.25, -0.2) is 14.8 Å². The number of carboxylic acids is 1. The lowest BCUT2D eigenvalue weighted by atomic mass is 10.3. The minimum atomic E-state index is -4.80. The first kappa shape index (κ1) is 19.8. The minimum Gasteiger partial charge on any atom is -0.476 e. The first-order valence-corrected chi connectivity index (χ1v) is 8.05. The number of carboxylic acid groups (broad SMARTS) is 1. The summed E-state index contributed by atoms with van der Waals surface area (Å²) in [5, 5.41) is 11.3. The van der Waals surface area contributed by atoms with E-state index >= 15 is 0 Å². The third-order valence-corrected chi connectivity index (χ3v) is 3.77. The summed E-state index contributed by atoms with van der Waals surface area (Å²) in [6.07, 6.45) is -3.69. The van der Waals surface area contributed by atoms with Crippen LogP contribution in [0.4, 0.5) is 18.9 Å². The topological polar surface area (TPSA) is 101 Å². The largest absolute Gasteiger partial charge is 0.573 e. The maximum Gasteiger partial charge on any atom is 0.573 e. The Balaban J connectivity index is 1.91. The number of aromatic carboxylic acids is 1. The van der Waals surface area contributed by atoms with Gasteiger partial charge in [0.15, 0.2) is 10.9 Å². The van der Waals surface area contributed by atoms with Crippen molar-refractivity contribution in [3.63, 3.8) is 0 Å². The van der Waals surface area contributed by atoms with Crippen LogP contribution in [0.25, 0.3) is 0 Å². The van der Waals surface area contributed by atoms with Gasteiger partial charge < -0.3 is 15.2 Å². The number of nitrogens with zero attached hydrogens (tertiary/aromatic N) is 2. The van der Waals surface area contributed by atoms with E-state index in [0.29, 0.717) is 0 Å². The van der Waals surface area contributed by atoms with Crippen LogP contribution in [0.15, 0.2) is 35.6 Å². The third kappa shape index (κ3) is 6.08. The predicted molar refractivity (Wildman–Crippen MR) is 86.5 cm³/mol. The quantitative estimate of drug-likeness (QED) is 0.558. The van der Waals surface area contributed by atoms with E-state index < -0.39 is 24.0 Å². The van der Waals surface area contributed by atoms with Crippen molar-refractivity contribution in [1.29, 1.82) is 0 Å². The van der Waals surface area contributed by atoms with Crippen LogP contribution in [-0.2, 0) is 4.79 Å². The monoisotopic (exact) mass is 407 g/mol. The molecule has 7 nitrogen and oxygen atoms in total. The lowest BCUT2D eigenvalue weighted by Gasteiger charge is -2.10. The summed E-state index contributed by atoms with van der Waals surface area (Å²) in [6.45, 7) is 0. The molecule has 0 fully saturated rings. The Hall–Kier alpha value is -2.53. The SMILES string of the molecule is O=C(CSc1ncc(Cl)c(C(=O)O)n1)Nc1ccc(OC(F)(F)F)cc1. The van der Waals surface area contributed by atoms with Crippen LogP contribution in [0.3, 0.4) is 0 Å². The highest BCUT2D eigenvalue weighted by Gasteiger charge is 2.30. The van der Waals surface area contributed by atoms with E-state index in [4.69, 9.17) is 16.7 Å². The zero-order valence-electron chi connectivity index (χ0n) is 12.6. The number of nitrogens with one attached hydrogen (secondary N) is 1. The van der Waals surface area contributed by atoms with Crippen molar-refractivity contribution in [3.8, 4) is 5.75 Å². The van der Waals surface area contributed by atoms with Gasteiger partial charge >= 0.3 is 12.3 Å². The highest BCUT2D eigenvalue weighted by Crippen LogP contribution is 2.24. The number of anilines is 1. The van der Waals surface area contributed by atoms with Crippen LogP contribution in [0, 0.1) is 0 Å². The fraction of sp³-hybridized carbons (Fsp3) is 0.143. The molecule has 0 radical (unpaired) electrons. The van der Waals surface area contributed by atoms with Crippen molar-refractivity contribution in [3.05, 3.63) is 41.2 Å². The number of halogens is 4. The second-order valence-electron chi connectivity index (χ2n) is 4.56. The molecule has 0 aliphatic rings. The first-order chi connectivity index (χ1) is 12.1. The molecule has 26 heavy (non-hydrogen) atoms. The van der Waals surface area contributed by atoms with Crippen molar-refractivity contribution >= 4 is 40.9 Å². The number of hydrogen-bond donors (Lipinski definition) is 2. The maximum absolute atomic E-state index is 12.1. The molecule has 0 unspecified atom stereocenters. The summed E-state index contributed by atoms with van der Waals surface area (Å²) < 4.78 is 39.9. The van der Waals surface area contributed by atoms with Crippen molar-refractivity contribution in [2.45, 2.75) is 11.5 Å². The van der Waals surface area contributed by atoms with Crippen molar-refractivity contribution in [1.82, 2.24) is 9.97 Å². The van der Waals surface area contributed by atoms with Gasteiger partial charge in [-0.2, -0.15) is 0 Å². The fourth-order valence-electron chi connectivity index (χ4n) is 1.64. The molecule has 1 aromatic carbocycles. The molecule has 0 aliphatic carbocycles. The summed E-state index contributed by atoms with van der Waals surface area (Å²) in [7, 11) is 0. The molecule has 2 aromatic rings. The number of alkyl halides is 3. The number of hydrogen-bond acceptors (Lipinski definition) is 6. The third-order valence-electron chi connectivity index (χ3n) is 2.63. The van der Waals surface area contributed by atoms with Gasteiger partial charge in [0.25, 0.3) is 0 Å². The fourth-order valence-corrected chi connectivity index (χ4v) is 2.42. The minimum absolute atomic E-state index is 0.0378. The molecule has 0 atom stereocenters. The van der Waals surface area contributed by atoms with Gasteiger partial charge in [-0.1, -0.05) is 23.4 Å². The van der Waals surface area contributed by atoms with E-state index in [1.54, 1.807) is 0 Å². The van der Waals surface area contributed by atoms with E-state index in [1.165, 1.54) is 12.1 Å². The lowest BCUT2D eigenvalue weighted by molar-refractivity contribution is -0.274. The standard InChI is InChI=1S/C14H9ClF3N3O4S/c15-9-5-19-13(21-11(9)12(23)24)26-6-10(22)20-7-1-3-8(4-2-7)25-14(16,17)18/h1-5H,6H2,(H,20,22)(H,23,24). The molecule has 0 bridgehead atoms. The number of amides is 1. The summed E-state index contributed by atoms with van der Waals surface area (Å²) in [4.78, 5) is 30.3. The highest BCUT2D eigenvalue weighted by molar-refractivity contribution is 7.99. The zero-order valence-corrected chi connectivity index (χ0v) is 14.2. The summed E-state index contributed by atoms with van der Waals surface area (Å²) in [6, 6.07) is 4.59. The average Bonchev–Trinajstić information content (AvgIpc) is 2.54. The average molecular weight is 408 g/mol. The van der Waals surface area contributed by atoms with Crippen LogP contribution < -0.4 is 10.1 Å². The smallest absolute Gasteiger partial charge is 0.476 e. The van der Waals surface area contributed by atoms with Gasteiger partial charge in [-0.05, 0) is 24.3 Å². The summed E-state index contributed by atoms with van der Waals surface area (Å²) >= 11 is 6.51. The Morgan fingerprint density at radius 1 is 1.27 bits per heavy atom. The number of ether oxygens (including phenoxy) is 1. The van der Waals surface area contributed by atoms with Gasteiger partial charge in [0.05, 0.1) is 17.0 Å². The molecule has 0 spiro atoms. The Labute approximate surface area is 153 Å². The van der Waals surface area contributed by atoms with Gasteiger partial charge in [0, 0.05) is 5.69 Å². The molecule has 138 valence electrons. The van der Waals surface area contributed by atoms with Gasteiger partial charge in [-0.15, -0.1) is 13.2 Å². The molecule has 0 saturated heterocycles. The van der Waals surface area contributed by atoms with E-state index in [-0.39, 0.29) is 27.3 Å². The lowest BCUT2D eigenvalue weighted by Crippen LogP contribution is -2.17. The Morgan fingerprint density at radius 2 is 1.92 bits per heavy atom. The summed E-state index contributed by atoms with van der Waals surface area (Å²) in [5.41, 5.74) is -0.127. The predicted octanol–water partition coefficient (Wildman–Crippen LogP) is 3.46. The number of carbonyl (C=O) groups is 2. The van der Waals surface area contributed by atoms with Crippen LogP contribution in [0.1, 0.15) is 10.5 Å². The van der Waals surface area contributed by atoms with Crippen LogP contribution >= 0.6 is 23.4 Å². The number of benzene rings is 1. The van der Waals surface area contributed by atoms with Gasteiger partial charge in [-0.3, -0.25) is 4.79 Å². The van der Waals surface area contributed by atoms with Crippen LogP contribution in [-0.4, -0.2) is 39.1 Å². The Morgan fingerprint density at radius 3 is 2.50 bits per heavy atom. The normalized spacial score (nSPS) is 11.1. The number of rotatable bonds is 6. The molecule has 1 heterocycles. The van der Waals surface area contributed by atoms with Crippen molar-refractivity contribution < 1.29 is 32.6 Å². The molecule has 1 aromatic heterocycles. The van der Waals surface area contributed by atoms with Crippen molar-refractivity contribution in [2.24, 2.45) is 0 Å². The van der Waals surface area contributed by atoms with E-state index in [2.05, 4.69) is 20.0 Å². The molecule has 0 aliphatic heterocycles. The molecule has 2 rings (SSSR count). The molecular formula is C14H9ClF3N3O4S. The molecule has 0 saturated carbocycles. The Kier molecular flexibility index (Phi) is 6.27. The molecular weight excluding hydrogens is 399 g/mol. The number of thioether (sulfide) groups is 1. The van der Waals surface area contributed by atoms with Crippen LogP contribution in [0.5, 0.6) is 5.75 Å². The van der Waals surface area contributed by atoms with Crippen LogP contribution in [0.2, 0.25) is 5.02 Å². The molecule has 2 N–H and O–H groups in total. The Bertz CT molecular complexity index is 818. The summed E-state index contributed by atoms with van der Waals surface area (Å²) in [5.74, 6) is -2.39. The van der Waals surface area contributed by atoms with E-state index in [1.807, 2.05) is 0 Å². The van der Waals surface area contributed by atoms with Crippen molar-refractivity contribution in [2.75, 3.05) is 11.1 Å². The number of aromatic nitrogens is 2. The number of carbonyl (C=O) groups excluding carboxylic acids is 1. The van der Waals surface area contributed by atoms with E-state index in [0.717, 1.165) is 30.1 Å². The van der Waals surface area contributed by atoms with Gasteiger partial charge in [0.1, 0.15) is 5.75 Å². The maximum atomic E-state index is 12.1. The first-order valence-electron chi connectivity index (χ1n) is 6.68.